The fourth-order valence-electron chi connectivity index (χ4n) is 1.81. The van der Waals surface area contributed by atoms with E-state index in [1.807, 2.05) is 13.1 Å². The minimum atomic E-state index is -1.09. The molecule has 106 valence electrons. The molecule has 0 aliphatic rings. The van der Waals surface area contributed by atoms with E-state index in [1.54, 1.807) is 17.8 Å². The second kappa shape index (κ2) is 5.91. The topological polar surface area (TPSA) is 101 Å². The Morgan fingerprint density at radius 1 is 1.55 bits per heavy atom. The lowest BCUT2D eigenvalue weighted by molar-refractivity contribution is 0.0690. The smallest absolute Gasteiger partial charge is 0.346 e. The number of aryl methyl sites for hydroxylation is 3. The number of carbonyl (C=O) groups is 1. The molecule has 7 nitrogen and oxygen atoms in total. The number of nitrogens with one attached hydrogen (secondary N) is 1. The molecule has 2 heterocycles. The number of aromatic amines is 1. The molecule has 8 heteroatoms. The van der Waals surface area contributed by atoms with E-state index in [0.717, 1.165) is 5.69 Å². The van der Waals surface area contributed by atoms with Gasteiger partial charge in [-0.05, 0) is 19.4 Å². The largest absolute Gasteiger partial charge is 0.478 e. The molecule has 0 aliphatic heterocycles. The Kier molecular flexibility index (Phi) is 4.23. The van der Waals surface area contributed by atoms with Crippen LogP contribution in [0.5, 0.6) is 0 Å². The van der Waals surface area contributed by atoms with Gasteiger partial charge in [0.25, 0.3) is 0 Å². The highest BCUT2D eigenvalue weighted by Gasteiger charge is 2.16. The number of thioether (sulfide) groups is 1. The number of rotatable bonds is 5. The van der Waals surface area contributed by atoms with Gasteiger partial charge in [0, 0.05) is 30.4 Å². The first-order chi connectivity index (χ1) is 9.49. The van der Waals surface area contributed by atoms with Crippen LogP contribution < -0.4 is 5.69 Å². The SMILES string of the molecule is Cc1[nH]c(=O)nc(SCCc2ccnn2C)c1C(=O)O. The Balaban J connectivity index is 2.15. The molecule has 0 radical (unpaired) electrons. The molecule has 0 saturated heterocycles. The van der Waals surface area contributed by atoms with Gasteiger partial charge in [-0.25, -0.2) is 9.59 Å². The zero-order valence-electron chi connectivity index (χ0n) is 11.1. The van der Waals surface area contributed by atoms with E-state index in [2.05, 4.69) is 15.1 Å². The molecule has 0 amide bonds. The number of carboxylic acid groups (broad SMARTS) is 1. The predicted octanol–water partition coefficient (Wildman–Crippen LogP) is 0.845. The molecule has 2 aromatic rings. The maximum atomic E-state index is 11.3. The average molecular weight is 294 g/mol. The molecule has 0 atom stereocenters. The summed E-state index contributed by atoms with van der Waals surface area (Å²) in [7, 11) is 1.85. The third kappa shape index (κ3) is 3.08. The highest BCUT2D eigenvalue weighted by Crippen LogP contribution is 2.21. The van der Waals surface area contributed by atoms with Gasteiger partial charge < -0.3 is 10.1 Å². The van der Waals surface area contributed by atoms with Crippen molar-refractivity contribution in [1.29, 1.82) is 0 Å². The zero-order chi connectivity index (χ0) is 14.7. The summed E-state index contributed by atoms with van der Waals surface area (Å²) in [5.41, 5.74) is 0.881. The van der Waals surface area contributed by atoms with Gasteiger partial charge in [-0.1, -0.05) is 0 Å². The van der Waals surface area contributed by atoms with Crippen molar-refractivity contribution in [3.63, 3.8) is 0 Å². The molecular formula is C12H14N4O3S. The van der Waals surface area contributed by atoms with Gasteiger partial charge in [0.15, 0.2) is 0 Å². The van der Waals surface area contributed by atoms with Crippen LogP contribution in [0, 0.1) is 6.92 Å². The van der Waals surface area contributed by atoms with Crippen LogP contribution in [-0.4, -0.2) is 36.6 Å². The Bertz CT molecular complexity index is 692. The summed E-state index contributed by atoms with van der Waals surface area (Å²) in [6.07, 6.45) is 2.42. The summed E-state index contributed by atoms with van der Waals surface area (Å²) in [6.45, 7) is 1.55. The van der Waals surface area contributed by atoms with Crippen molar-refractivity contribution in [2.45, 2.75) is 18.4 Å². The van der Waals surface area contributed by atoms with E-state index in [0.29, 0.717) is 17.9 Å². The maximum absolute atomic E-state index is 11.3. The molecule has 0 spiro atoms. The van der Waals surface area contributed by atoms with E-state index in [9.17, 15) is 14.7 Å². The first-order valence-electron chi connectivity index (χ1n) is 5.93. The standard InChI is InChI=1S/C12H14N4O3S/c1-7-9(11(17)18)10(15-12(19)14-7)20-6-4-8-3-5-13-16(8)2/h3,5H,4,6H2,1-2H3,(H,17,18)(H,14,15,19). The highest BCUT2D eigenvalue weighted by atomic mass is 32.2. The van der Waals surface area contributed by atoms with Crippen LogP contribution in [0.1, 0.15) is 21.7 Å². The Morgan fingerprint density at radius 2 is 2.30 bits per heavy atom. The van der Waals surface area contributed by atoms with Crippen molar-refractivity contribution >= 4 is 17.7 Å². The zero-order valence-corrected chi connectivity index (χ0v) is 11.9. The van der Waals surface area contributed by atoms with Crippen molar-refractivity contribution in [3.05, 3.63) is 39.7 Å². The number of hydrogen-bond donors (Lipinski definition) is 2. The van der Waals surface area contributed by atoms with Crippen molar-refractivity contribution < 1.29 is 9.90 Å². The number of H-pyrrole nitrogens is 1. The molecule has 2 rings (SSSR count). The average Bonchev–Trinajstić information content (AvgIpc) is 2.73. The van der Waals surface area contributed by atoms with Gasteiger partial charge >= 0.3 is 11.7 Å². The van der Waals surface area contributed by atoms with Crippen molar-refractivity contribution in [1.82, 2.24) is 19.7 Å². The van der Waals surface area contributed by atoms with Crippen LogP contribution in [0.3, 0.4) is 0 Å². The summed E-state index contributed by atoms with van der Waals surface area (Å²) < 4.78 is 1.76. The van der Waals surface area contributed by atoms with E-state index in [4.69, 9.17) is 0 Å². The Labute approximate surface area is 119 Å². The van der Waals surface area contributed by atoms with E-state index in [1.165, 1.54) is 11.8 Å². The second-order valence-electron chi connectivity index (χ2n) is 4.20. The predicted molar refractivity (Wildman–Crippen MR) is 74.2 cm³/mol. The van der Waals surface area contributed by atoms with E-state index in [-0.39, 0.29) is 10.6 Å². The van der Waals surface area contributed by atoms with Gasteiger partial charge in [0.1, 0.15) is 10.6 Å². The van der Waals surface area contributed by atoms with Gasteiger partial charge in [-0.2, -0.15) is 10.1 Å². The molecule has 0 bridgehead atoms. The minimum Gasteiger partial charge on any atom is -0.478 e. The highest BCUT2D eigenvalue weighted by molar-refractivity contribution is 7.99. The summed E-state index contributed by atoms with van der Waals surface area (Å²) in [5, 5.41) is 13.5. The van der Waals surface area contributed by atoms with Crippen LogP contribution in [0.4, 0.5) is 0 Å². The molecular weight excluding hydrogens is 280 g/mol. The molecule has 2 N–H and O–H groups in total. The number of carboxylic acids is 1. The second-order valence-corrected chi connectivity index (χ2v) is 5.28. The third-order valence-corrected chi connectivity index (χ3v) is 3.80. The summed E-state index contributed by atoms with van der Waals surface area (Å²) in [5.74, 6) is -0.468. The number of nitrogens with zero attached hydrogens (tertiary/aromatic N) is 3. The lowest BCUT2D eigenvalue weighted by Crippen LogP contribution is -2.18. The normalized spacial score (nSPS) is 10.7. The van der Waals surface area contributed by atoms with Crippen LogP contribution in [-0.2, 0) is 13.5 Å². The molecule has 20 heavy (non-hydrogen) atoms. The fraction of sp³-hybridized carbons (Fsp3) is 0.333. The summed E-state index contributed by atoms with van der Waals surface area (Å²) in [4.78, 5) is 28.7. The van der Waals surface area contributed by atoms with Crippen LogP contribution in [0.15, 0.2) is 22.1 Å². The van der Waals surface area contributed by atoms with Crippen LogP contribution >= 0.6 is 11.8 Å². The fourth-order valence-corrected chi connectivity index (χ4v) is 2.85. The first-order valence-corrected chi connectivity index (χ1v) is 6.91. The maximum Gasteiger partial charge on any atom is 0.346 e. The number of hydrogen-bond acceptors (Lipinski definition) is 5. The van der Waals surface area contributed by atoms with Crippen molar-refractivity contribution in [2.75, 3.05) is 5.75 Å². The third-order valence-electron chi connectivity index (χ3n) is 2.82. The van der Waals surface area contributed by atoms with Crippen LogP contribution in [0.25, 0.3) is 0 Å². The van der Waals surface area contributed by atoms with E-state index < -0.39 is 11.7 Å². The quantitative estimate of drug-likeness (QED) is 0.626. The Hall–Kier alpha value is -2.09. The van der Waals surface area contributed by atoms with Gasteiger partial charge in [-0.3, -0.25) is 4.68 Å². The van der Waals surface area contributed by atoms with Crippen LogP contribution in [0.2, 0.25) is 0 Å². The van der Waals surface area contributed by atoms with Gasteiger partial charge in [-0.15, -0.1) is 11.8 Å². The molecule has 0 aliphatic carbocycles. The van der Waals surface area contributed by atoms with Crippen molar-refractivity contribution in [2.24, 2.45) is 7.05 Å². The summed E-state index contributed by atoms with van der Waals surface area (Å²) in [6, 6.07) is 1.90. The summed E-state index contributed by atoms with van der Waals surface area (Å²) >= 11 is 1.26. The van der Waals surface area contributed by atoms with Gasteiger partial charge in [0.2, 0.25) is 0 Å². The monoisotopic (exact) mass is 294 g/mol. The van der Waals surface area contributed by atoms with Crippen molar-refractivity contribution in [3.8, 4) is 0 Å². The van der Waals surface area contributed by atoms with Gasteiger partial charge in [0.05, 0.1) is 0 Å². The lowest BCUT2D eigenvalue weighted by atomic mass is 10.2. The lowest BCUT2D eigenvalue weighted by Gasteiger charge is -2.07. The molecule has 0 fully saturated rings. The van der Waals surface area contributed by atoms with E-state index >= 15 is 0 Å². The number of aromatic carboxylic acids is 1. The molecule has 0 saturated carbocycles. The Morgan fingerprint density at radius 3 is 2.90 bits per heavy atom. The minimum absolute atomic E-state index is 0.0552. The number of aromatic nitrogens is 4. The molecule has 0 aromatic carbocycles. The first kappa shape index (κ1) is 14.3. The molecule has 2 aromatic heterocycles. The molecule has 0 unspecified atom stereocenters.